The molecule has 1 atom stereocenters. The summed E-state index contributed by atoms with van der Waals surface area (Å²) in [4.78, 5) is 14.4. The lowest BCUT2D eigenvalue weighted by Gasteiger charge is -2.13. The maximum Gasteiger partial charge on any atom is 0.159 e. The first-order valence-electron chi connectivity index (χ1n) is 5.58. The van der Waals surface area contributed by atoms with Crippen molar-refractivity contribution in [1.82, 2.24) is 4.98 Å². The zero-order valence-corrected chi connectivity index (χ0v) is 9.94. The van der Waals surface area contributed by atoms with Crippen molar-refractivity contribution in [3.63, 3.8) is 0 Å². The van der Waals surface area contributed by atoms with E-state index in [9.17, 15) is 4.79 Å². The molecule has 0 saturated heterocycles. The average molecular weight is 229 g/mol. The Morgan fingerprint density at radius 2 is 2.12 bits per heavy atom. The molecule has 3 nitrogen and oxygen atoms in total. The highest BCUT2D eigenvalue weighted by Gasteiger charge is 2.08. The summed E-state index contributed by atoms with van der Waals surface area (Å²) in [5.74, 6) is 0.753. The van der Waals surface area contributed by atoms with E-state index < -0.39 is 0 Å². The number of Topliss-reactive ketones (excluding diaryl/α,β-unsaturated/α-hetero) is 1. The van der Waals surface area contributed by atoms with E-state index in [2.05, 4.69) is 4.98 Å². The summed E-state index contributed by atoms with van der Waals surface area (Å²) < 4.78 is 5.77. The molecule has 1 heterocycles. The summed E-state index contributed by atoms with van der Waals surface area (Å²) in [6, 6.07) is 11.1. The lowest BCUT2D eigenvalue weighted by molar-refractivity contribution is 0.101. The molecule has 0 fully saturated rings. The highest BCUT2D eigenvalue weighted by Crippen LogP contribution is 2.21. The molecule has 1 aromatic carbocycles. The van der Waals surface area contributed by atoms with Gasteiger partial charge >= 0.3 is 0 Å². The van der Waals surface area contributed by atoms with Gasteiger partial charge < -0.3 is 9.72 Å². The minimum absolute atomic E-state index is 0.0444. The smallest absolute Gasteiger partial charge is 0.159 e. The molecule has 3 heteroatoms. The van der Waals surface area contributed by atoms with E-state index in [4.69, 9.17) is 4.74 Å². The Labute approximate surface area is 100 Å². The highest BCUT2D eigenvalue weighted by molar-refractivity contribution is 5.94. The van der Waals surface area contributed by atoms with Crippen LogP contribution in [0.4, 0.5) is 0 Å². The average Bonchev–Trinajstić information content (AvgIpc) is 2.82. The molecule has 2 rings (SSSR count). The zero-order valence-electron chi connectivity index (χ0n) is 9.94. The van der Waals surface area contributed by atoms with E-state index in [0.717, 1.165) is 5.69 Å². The van der Waals surface area contributed by atoms with Crippen molar-refractivity contribution in [3.05, 3.63) is 53.9 Å². The molecule has 0 amide bonds. The molecule has 0 aliphatic carbocycles. The first-order valence-corrected chi connectivity index (χ1v) is 5.58. The van der Waals surface area contributed by atoms with Crippen molar-refractivity contribution < 1.29 is 9.53 Å². The fraction of sp³-hybridized carbons (Fsp3) is 0.214. The van der Waals surface area contributed by atoms with Gasteiger partial charge in [-0.2, -0.15) is 0 Å². The number of aromatic nitrogens is 1. The first kappa shape index (κ1) is 11.5. The second kappa shape index (κ2) is 4.87. The molecule has 88 valence electrons. The van der Waals surface area contributed by atoms with Gasteiger partial charge in [-0.05, 0) is 38.1 Å². The number of aromatic amines is 1. The summed E-state index contributed by atoms with van der Waals surface area (Å²) in [5.41, 5.74) is 1.68. The number of hydrogen-bond acceptors (Lipinski definition) is 2. The van der Waals surface area contributed by atoms with Gasteiger partial charge in [0.2, 0.25) is 0 Å². The number of hydrogen-bond donors (Lipinski definition) is 1. The lowest BCUT2D eigenvalue weighted by atomic mass is 10.1. The van der Waals surface area contributed by atoms with Crippen LogP contribution in [0, 0.1) is 0 Å². The molecule has 1 N–H and O–H groups in total. The van der Waals surface area contributed by atoms with Gasteiger partial charge in [0.25, 0.3) is 0 Å². The SMILES string of the molecule is CC(=O)c1cccc(OC(C)c2ccc[nH]2)c1. The van der Waals surface area contributed by atoms with Gasteiger partial charge in [-0.3, -0.25) is 4.79 Å². The summed E-state index contributed by atoms with van der Waals surface area (Å²) in [5, 5.41) is 0. The second-order valence-corrected chi connectivity index (χ2v) is 3.97. The molecular formula is C14H15NO2. The minimum Gasteiger partial charge on any atom is -0.484 e. The highest BCUT2D eigenvalue weighted by atomic mass is 16.5. The van der Waals surface area contributed by atoms with Crippen LogP contribution in [0.25, 0.3) is 0 Å². The van der Waals surface area contributed by atoms with Crippen LogP contribution >= 0.6 is 0 Å². The Hall–Kier alpha value is -2.03. The number of nitrogens with one attached hydrogen (secondary N) is 1. The van der Waals surface area contributed by atoms with Crippen molar-refractivity contribution in [2.45, 2.75) is 20.0 Å². The van der Waals surface area contributed by atoms with Crippen LogP contribution in [-0.2, 0) is 0 Å². The van der Waals surface area contributed by atoms with Gasteiger partial charge in [0.05, 0.1) is 5.69 Å². The van der Waals surface area contributed by atoms with Crippen LogP contribution in [0.2, 0.25) is 0 Å². The molecule has 1 unspecified atom stereocenters. The molecule has 1 aromatic heterocycles. The van der Waals surface area contributed by atoms with Crippen molar-refractivity contribution in [2.75, 3.05) is 0 Å². The Morgan fingerprint density at radius 3 is 2.76 bits per heavy atom. The van der Waals surface area contributed by atoms with Gasteiger partial charge in [-0.1, -0.05) is 12.1 Å². The van der Waals surface area contributed by atoms with E-state index in [1.54, 1.807) is 19.1 Å². The summed E-state index contributed by atoms with van der Waals surface area (Å²) in [6.07, 6.45) is 1.80. The molecule has 0 aliphatic rings. The van der Waals surface area contributed by atoms with E-state index in [1.165, 1.54) is 0 Å². The maximum absolute atomic E-state index is 11.3. The van der Waals surface area contributed by atoms with Gasteiger partial charge in [-0.15, -0.1) is 0 Å². The molecular weight excluding hydrogens is 214 g/mol. The number of rotatable bonds is 4. The number of carbonyl (C=O) groups is 1. The van der Waals surface area contributed by atoms with Gasteiger partial charge in [0.15, 0.2) is 5.78 Å². The van der Waals surface area contributed by atoms with Gasteiger partial charge in [-0.25, -0.2) is 0 Å². The van der Waals surface area contributed by atoms with Gasteiger partial charge in [0, 0.05) is 11.8 Å². The Kier molecular flexibility index (Phi) is 3.28. The molecule has 17 heavy (non-hydrogen) atoms. The third kappa shape index (κ3) is 2.75. The monoisotopic (exact) mass is 229 g/mol. The van der Waals surface area contributed by atoms with Crippen molar-refractivity contribution >= 4 is 5.78 Å². The number of ether oxygens (including phenoxy) is 1. The standard InChI is InChI=1S/C14H15NO2/c1-10(16)12-5-3-6-13(9-12)17-11(2)14-7-4-8-15-14/h3-9,11,15H,1-2H3. The van der Waals surface area contributed by atoms with Crippen LogP contribution in [0.1, 0.15) is 36.0 Å². The van der Waals surface area contributed by atoms with Crippen LogP contribution < -0.4 is 4.74 Å². The molecule has 0 saturated carbocycles. The maximum atomic E-state index is 11.3. The number of ketones is 1. The predicted octanol–water partition coefficient (Wildman–Crippen LogP) is 3.36. The lowest BCUT2D eigenvalue weighted by Crippen LogP contribution is -2.04. The van der Waals surface area contributed by atoms with Crippen LogP contribution in [0.5, 0.6) is 5.75 Å². The Bertz CT molecular complexity index is 503. The number of carbonyl (C=O) groups excluding carboxylic acids is 1. The fourth-order valence-corrected chi connectivity index (χ4v) is 1.65. The molecule has 0 aliphatic heterocycles. The first-order chi connectivity index (χ1) is 8.16. The largest absolute Gasteiger partial charge is 0.484 e. The van der Waals surface area contributed by atoms with E-state index in [0.29, 0.717) is 11.3 Å². The fourth-order valence-electron chi connectivity index (χ4n) is 1.65. The quantitative estimate of drug-likeness (QED) is 0.817. The summed E-state index contributed by atoms with van der Waals surface area (Å²) in [7, 11) is 0. The van der Waals surface area contributed by atoms with Crippen molar-refractivity contribution in [3.8, 4) is 5.75 Å². The third-order valence-corrected chi connectivity index (χ3v) is 2.61. The van der Waals surface area contributed by atoms with Crippen LogP contribution in [0.15, 0.2) is 42.6 Å². The zero-order chi connectivity index (χ0) is 12.3. The normalized spacial score (nSPS) is 12.1. The predicted molar refractivity (Wildman–Crippen MR) is 66.3 cm³/mol. The van der Waals surface area contributed by atoms with E-state index in [1.807, 2.05) is 37.4 Å². The topological polar surface area (TPSA) is 42.1 Å². The number of H-pyrrole nitrogens is 1. The summed E-state index contributed by atoms with van der Waals surface area (Å²) >= 11 is 0. The molecule has 0 radical (unpaired) electrons. The molecule has 0 spiro atoms. The Balaban J connectivity index is 2.13. The third-order valence-electron chi connectivity index (χ3n) is 2.61. The van der Waals surface area contributed by atoms with Crippen molar-refractivity contribution in [2.24, 2.45) is 0 Å². The van der Waals surface area contributed by atoms with E-state index in [-0.39, 0.29) is 11.9 Å². The molecule has 2 aromatic rings. The Morgan fingerprint density at radius 1 is 1.29 bits per heavy atom. The molecule has 0 bridgehead atoms. The van der Waals surface area contributed by atoms with Crippen LogP contribution in [-0.4, -0.2) is 10.8 Å². The van der Waals surface area contributed by atoms with Crippen LogP contribution in [0.3, 0.4) is 0 Å². The van der Waals surface area contributed by atoms with E-state index >= 15 is 0 Å². The number of benzene rings is 1. The summed E-state index contributed by atoms with van der Waals surface area (Å²) in [6.45, 7) is 3.51. The van der Waals surface area contributed by atoms with Crippen molar-refractivity contribution in [1.29, 1.82) is 0 Å². The minimum atomic E-state index is -0.0628. The second-order valence-electron chi connectivity index (χ2n) is 3.97. The van der Waals surface area contributed by atoms with Gasteiger partial charge in [0.1, 0.15) is 11.9 Å².